The number of nitriles is 1. The molecule has 1 aliphatic carbocycles. The van der Waals surface area contributed by atoms with Gasteiger partial charge >= 0.3 is 0 Å². The summed E-state index contributed by atoms with van der Waals surface area (Å²) >= 11 is 0. The van der Waals surface area contributed by atoms with Crippen molar-refractivity contribution in [1.29, 1.82) is 5.26 Å². The Bertz CT molecular complexity index is 986. The van der Waals surface area contributed by atoms with Gasteiger partial charge < -0.3 is 14.8 Å². The predicted molar refractivity (Wildman–Crippen MR) is 121 cm³/mol. The van der Waals surface area contributed by atoms with Crippen molar-refractivity contribution < 1.29 is 14.3 Å². The minimum atomic E-state index is 0.110. The summed E-state index contributed by atoms with van der Waals surface area (Å²) in [4.78, 5) is 13.4. The van der Waals surface area contributed by atoms with Crippen LogP contribution in [0, 0.1) is 11.3 Å². The van der Waals surface area contributed by atoms with Gasteiger partial charge in [0.05, 0.1) is 12.6 Å². The number of anilines is 1. The van der Waals surface area contributed by atoms with Crippen molar-refractivity contribution >= 4 is 12.1 Å². The fourth-order valence-corrected chi connectivity index (χ4v) is 4.13. The number of benzene rings is 1. The fourth-order valence-electron chi connectivity index (χ4n) is 4.13. The summed E-state index contributed by atoms with van der Waals surface area (Å²) in [5.74, 6) is 1.79. The molecule has 2 aromatic rings. The lowest BCUT2D eigenvalue weighted by atomic mass is 10.0. The van der Waals surface area contributed by atoms with Crippen LogP contribution in [0.25, 0.3) is 11.3 Å². The maximum absolute atomic E-state index is 11.3. The van der Waals surface area contributed by atoms with Crippen LogP contribution in [-0.2, 0) is 4.74 Å². The van der Waals surface area contributed by atoms with Gasteiger partial charge in [0.25, 0.3) is 0 Å². The van der Waals surface area contributed by atoms with Gasteiger partial charge in [-0.25, -0.2) is 0 Å². The standard InChI is InChI=1S/C24H29N5O3/c1-2-31-16-32-22-12-17(15-30)5-8-20(22)24-21(18-6-7-18)13-23(27-28-24)26-19-4-3-10-29(14-19)11-9-25/h5,8,12-13,15,18-19H,2-4,6-7,10-11,14,16H2,1H3,(H,26,27)/t19-/m1/s1. The van der Waals surface area contributed by atoms with E-state index in [1.807, 2.05) is 13.0 Å². The first kappa shape index (κ1) is 22.2. The average Bonchev–Trinajstić information content (AvgIpc) is 3.65. The molecule has 0 unspecified atom stereocenters. The van der Waals surface area contributed by atoms with E-state index in [4.69, 9.17) is 14.7 Å². The molecule has 1 aliphatic heterocycles. The minimum absolute atomic E-state index is 0.110. The third kappa shape index (κ3) is 5.42. The molecular formula is C24H29N5O3. The summed E-state index contributed by atoms with van der Waals surface area (Å²) in [5.41, 5.74) is 3.29. The number of piperidine rings is 1. The number of rotatable bonds is 10. The van der Waals surface area contributed by atoms with E-state index >= 15 is 0 Å². The Morgan fingerprint density at radius 1 is 1.28 bits per heavy atom. The zero-order chi connectivity index (χ0) is 22.3. The monoisotopic (exact) mass is 435 g/mol. The van der Waals surface area contributed by atoms with Crippen LogP contribution in [0.4, 0.5) is 5.82 Å². The summed E-state index contributed by atoms with van der Waals surface area (Å²) in [6, 6.07) is 9.95. The molecule has 2 heterocycles. The van der Waals surface area contributed by atoms with Gasteiger partial charge in [0, 0.05) is 30.3 Å². The number of hydrogen-bond donors (Lipinski definition) is 1. The van der Waals surface area contributed by atoms with Crippen LogP contribution >= 0.6 is 0 Å². The van der Waals surface area contributed by atoms with Gasteiger partial charge in [0.1, 0.15) is 23.5 Å². The molecule has 0 spiro atoms. The Balaban J connectivity index is 1.59. The Hall–Kier alpha value is -3.02. The summed E-state index contributed by atoms with van der Waals surface area (Å²) in [6.07, 6.45) is 5.16. The van der Waals surface area contributed by atoms with E-state index in [0.717, 1.165) is 67.7 Å². The number of likely N-dealkylation sites (tertiary alicyclic amines) is 1. The quantitative estimate of drug-likeness (QED) is 0.261. The molecule has 8 heteroatoms. The van der Waals surface area contributed by atoms with Gasteiger partial charge in [0.15, 0.2) is 6.79 Å². The van der Waals surface area contributed by atoms with Crippen molar-refractivity contribution in [2.24, 2.45) is 0 Å². The molecule has 1 aromatic heterocycles. The predicted octanol–water partition coefficient (Wildman–Crippen LogP) is 3.61. The number of hydrogen-bond acceptors (Lipinski definition) is 8. The van der Waals surface area contributed by atoms with E-state index in [1.54, 1.807) is 12.1 Å². The average molecular weight is 436 g/mol. The van der Waals surface area contributed by atoms with Gasteiger partial charge in [-0.05, 0) is 68.8 Å². The lowest BCUT2D eigenvalue weighted by molar-refractivity contribution is 0.0227. The van der Waals surface area contributed by atoms with Gasteiger partial charge in [-0.1, -0.05) is 6.07 Å². The third-order valence-electron chi connectivity index (χ3n) is 5.89. The smallest absolute Gasteiger partial charge is 0.189 e. The topological polar surface area (TPSA) is 100 Å². The first-order chi connectivity index (χ1) is 15.7. The molecule has 1 atom stereocenters. The molecule has 2 fully saturated rings. The Morgan fingerprint density at radius 3 is 2.91 bits per heavy atom. The molecular weight excluding hydrogens is 406 g/mol. The van der Waals surface area contributed by atoms with E-state index < -0.39 is 0 Å². The number of carbonyl (C=O) groups is 1. The Kier molecular flexibility index (Phi) is 7.30. The van der Waals surface area contributed by atoms with Crippen molar-refractivity contribution in [1.82, 2.24) is 15.1 Å². The van der Waals surface area contributed by atoms with E-state index in [-0.39, 0.29) is 12.8 Å². The maximum atomic E-state index is 11.3. The summed E-state index contributed by atoms with van der Waals surface area (Å²) in [6.45, 7) is 4.81. The number of aromatic nitrogens is 2. The lowest BCUT2D eigenvalue weighted by Gasteiger charge is -2.31. The summed E-state index contributed by atoms with van der Waals surface area (Å²) in [5, 5.41) is 21.6. The molecule has 4 rings (SSSR count). The molecule has 0 bridgehead atoms. The summed E-state index contributed by atoms with van der Waals surface area (Å²) < 4.78 is 11.2. The molecule has 1 saturated heterocycles. The third-order valence-corrected chi connectivity index (χ3v) is 5.89. The van der Waals surface area contributed by atoms with E-state index in [9.17, 15) is 4.79 Å². The van der Waals surface area contributed by atoms with Crippen molar-refractivity contribution in [3.63, 3.8) is 0 Å². The number of ether oxygens (including phenoxy) is 2. The summed E-state index contributed by atoms with van der Waals surface area (Å²) in [7, 11) is 0. The second-order valence-electron chi connectivity index (χ2n) is 8.31. The van der Waals surface area contributed by atoms with Crippen LogP contribution in [0.3, 0.4) is 0 Å². The minimum Gasteiger partial charge on any atom is -0.467 e. The van der Waals surface area contributed by atoms with Crippen LogP contribution in [0.15, 0.2) is 24.3 Å². The number of nitrogens with zero attached hydrogens (tertiary/aromatic N) is 4. The highest BCUT2D eigenvalue weighted by molar-refractivity contribution is 5.80. The van der Waals surface area contributed by atoms with Crippen LogP contribution in [-0.4, -0.2) is 60.5 Å². The molecule has 8 nitrogen and oxygen atoms in total. The highest BCUT2D eigenvalue weighted by Gasteiger charge is 2.30. The zero-order valence-electron chi connectivity index (χ0n) is 18.4. The Morgan fingerprint density at radius 2 is 2.16 bits per heavy atom. The molecule has 168 valence electrons. The van der Waals surface area contributed by atoms with E-state index in [2.05, 4.69) is 32.5 Å². The van der Waals surface area contributed by atoms with Crippen molar-refractivity contribution in [2.75, 3.05) is 38.4 Å². The van der Waals surface area contributed by atoms with Crippen molar-refractivity contribution in [3.8, 4) is 23.1 Å². The van der Waals surface area contributed by atoms with Crippen molar-refractivity contribution in [2.45, 2.75) is 44.6 Å². The van der Waals surface area contributed by atoms with Crippen LogP contribution < -0.4 is 10.1 Å². The van der Waals surface area contributed by atoms with E-state index in [0.29, 0.717) is 30.4 Å². The first-order valence-electron chi connectivity index (χ1n) is 11.3. The second-order valence-corrected chi connectivity index (χ2v) is 8.31. The first-order valence-corrected chi connectivity index (χ1v) is 11.3. The molecule has 2 aliphatic rings. The molecule has 1 aromatic carbocycles. The number of nitrogens with one attached hydrogen (secondary N) is 1. The second kappa shape index (κ2) is 10.5. The maximum Gasteiger partial charge on any atom is 0.189 e. The molecule has 0 amide bonds. The van der Waals surface area contributed by atoms with Crippen molar-refractivity contribution in [3.05, 3.63) is 35.4 Å². The van der Waals surface area contributed by atoms with Gasteiger partial charge in [-0.3, -0.25) is 9.69 Å². The van der Waals surface area contributed by atoms with Gasteiger partial charge in [-0.2, -0.15) is 5.26 Å². The van der Waals surface area contributed by atoms with Crippen LogP contribution in [0.2, 0.25) is 0 Å². The number of aldehydes is 1. The highest BCUT2D eigenvalue weighted by Crippen LogP contribution is 2.45. The normalized spacial score (nSPS) is 18.7. The van der Waals surface area contributed by atoms with Gasteiger partial charge in [-0.15, -0.1) is 10.2 Å². The van der Waals surface area contributed by atoms with E-state index in [1.165, 1.54) is 0 Å². The lowest BCUT2D eigenvalue weighted by Crippen LogP contribution is -2.42. The fraction of sp³-hybridized carbons (Fsp3) is 0.500. The SMILES string of the molecule is CCOCOc1cc(C=O)ccc1-c1nnc(N[C@@H]2CCCN(CC#N)C2)cc1C1CC1. The Labute approximate surface area is 188 Å². The van der Waals surface area contributed by atoms with Crippen LogP contribution in [0.5, 0.6) is 5.75 Å². The largest absolute Gasteiger partial charge is 0.467 e. The molecule has 32 heavy (non-hydrogen) atoms. The molecule has 1 saturated carbocycles. The molecule has 1 N–H and O–H groups in total. The van der Waals surface area contributed by atoms with Crippen LogP contribution in [0.1, 0.15) is 54.4 Å². The highest BCUT2D eigenvalue weighted by atomic mass is 16.7. The van der Waals surface area contributed by atoms with Gasteiger partial charge in [0.2, 0.25) is 0 Å². The molecule has 0 radical (unpaired) electrons. The zero-order valence-corrected chi connectivity index (χ0v) is 18.4. The number of carbonyl (C=O) groups excluding carboxylic acids is 1.